The lowest BCUT2D eigenvalue weighted by Crippen LogP contribution is -2.53. The first kappa shape index (κ1) is 15.7. The van der Waals surface area contributed by atoms with Gasteiger partial charge >= 0.3 is 0 Å². The molecule has 2 aromatic rings. The molecule has 1 fully saturated rings. The molecule has 0 spiro atoms. The first-order chi connectivity index (χ1) is 9.53. The van der Waals surface area contributed by atoms with E-state index in [1.54, 1.807) is 16.8 Å². The van der Waals surface area contributed by atoms with Gasteiger partial charge in [-0.05, 0) is 43.9 Å². The fraction of sp³-hybridized carbons (Fsp3) is 0.500. The van der Waals surface area contributed by atoms with Crippen molar-refractivity contribution < 1.29 is 4.79 Å². The van der Waals surface area contributed by atoms with Gasteiger partial charge in [0.05, 0.1) is 11.1 Å². The molecule has 6 nitrogen and oxygen atoms in total. The molecule has 1 unspecified atom stereocenters. The van der Waals surface area contributed by atoms with Crippen molar-refractivity contribution in [3.8, 4) is 0 Å². The van der Waals surface area contributed by atoms with E-state index in [0.717, 1.165) is 23.9 Å². The van der Waals surface area contributed by atoms with Crippen molar-refractivity contribution in [3.63, 3.8) is 0 Å². The van der Waals surface area contributed by atoms with Crippen LogP contribution in [0.15, 0.2) is 18.2 Å². The highest BCUT2D eigenvalue weighted by Gasteiger charge is 2.41. The van der Waals surface area contributed by atoms with Gasteiger partial charge in [-0.1, -0.05) is 5.21 Å². The average Bonchev–Trinajstić information content (AvgIpc) is 3.24. The van der Waals surface area contributed by atoms with E-state index in [-0.39, 0.29) is 23.9 Å². The molecule has 114 valence electrons. The summed E-state index contributed by atoms with van der Waals surface area (Å²) < 4.78 is 1.69. The number of aromatic nitrogens is 3. The third kappa shape index (κ3) is 2.87. The third-order valence-electron chi connectivity index (χ3n) is 4.17. The Kier molecular flexibility index (Phi) is 4.20. The normalized spacial score (nSPS) is 17.1. The van der Waals surface area contributed by atoms with Crippen molar-refractivity contribution >= 4 is 29.3 Å². The molecule has 1 saturated carbocycles. The van der Waals surface area contributed by atoms with Crippen LogP contribution in [-0.4, -0.2) is 33.0 Å². The highest BCUT2D eigenvalue weighted by Crippen LogP contribution is 2.39. The molecular formula is C14H20ClN5O. The fourth-order valence-corrected chi connectivity index (χ4v) is 2.55. The van der Waals surface area contributed by atoms with E-state index in [4.69, 9.17) is 5.73 Å². The fourth-order valence-electron chi connectivity index (χ4n) is 2.55. The predicted molar refractivity (Wildman–Crippen MR) is 83.4 cm³/mol. The van der Waals surface area contributed by atoms with Crippen molar-refractivity contribution in [2.75, 3.05) is 6.54 Å². The molecular weight excluding hydrogens is 290 g/mol. The second-order valence-electron chi connectivity index (χ2n) is 5.77. The summed E-state index contributed by atoms with van der Waals surface area (Å²) >= 11 is 0. The first-order valence-corrected chi connectivity index (χ1v) is 6.85. The van der Waals surface area contributed by atoms with Gasteiger partial charge in [-0.2, -0.15) is 0 Å². The average molecular weight is 310 g/mol. The maximum Gasteiger partial charge on any atom is 0.251 e. The van der Waals surface area contributed by atoms with Crippen LogP contribution in [-0.2, 0) is 7.05 Å². The summed E-state index contributed by atoms with van der Waals surface area (Å²) in [4.78, 5) is 12.4. The molecule has 7 heteroatoms. The Morgan fingerprint density at radius 2 is 2.24 bits per heavy atom. The molecule has 0 radical (unpaired) electrons. The summed E-state index contributed by atoms with van der Waals surface area (Å²) in [5, 5.41) is 11.0. The number of carbonyl (C=O) groups excluding carboxylic acids is 1. The van der Waals surface area contributed by atoms with Gasteiger partial charge in [0.1, 0.15) is 5.52 Å². The van der Waals surface area contributed by atoms with Gasteiger partial charge in [0.2, 0.25) is 0 Å². The zero-order valence-electron chi connectivity index (χ0n) is 12.2. The molecule has 1 atom stereocenters. The molecule has 1 aromatic heterocycles. The van der Waals surface area contributed by atoms with Crippen molar-refractivity contribution in [1.29, 1.82) is 0 Å². The first-order valence-electron chi connectivity index (χ1n) is 6.85. The minimum absolute atomic E-state index is 0. The monoisotopic (exact) mass is 309 g/mol. The number of rotatable bonds is 4. The van der Waals surface area contributed by atoms with E-state index < -0.39 is 0 Å². The number of aryl methyl sites for hydroxylation is 1. The van der Waals surface area contributed by atoms with Crippen LogP contribution in [0.5, 0.6) is 0 Å². The minimum Gasteiger partial charge on any atom is -0.345 e. The molecule has 3 N–H and O–H groups in total. The minimum atomic E-state index is -0.311. The van der Waals surface area contributed by atoms with Crippen LogP contribution in [0.25, 0.3) is 11.0 Å². The topological polar surface area (TPSA) is 85.8 Å². The molecule has 1 aliphatic rings. The number of hydrogen-bond donors (Lipinski definition) is 2. The zero-order chi connectivity index (χ0) is 14.3. The summed E-state index contributed by atoms with van der Waals surface area (Å²) in [6.45, 7) is 2.47. The van der Waals surface area contributed by atoms with Gasteiger partial charge in [-0.25, -0.2) is 4.68 Å². The van der Waals surface area contributed by atoms with Crippen LogP contribution in [0.3, 0.4) is 0 Å². The van der Waals surface area contributed by atoms with E-state index in [2.05, 4.69) is 15.6 Å². The van der Waals surface area contributed by atoms with Crippen molar-refractivity contribution in [2.45, 2.75) is 25.3 Å². The maximum absolute atomic E-state index is 12.4. The highest BCUT2D eigenvalue weighted by atomic mass is 35.5. The van der Waals surface area contributed by atoms with Gasteiger partial charge in [-0.3, -0.25) is 4.79 Å². The number of fused-ring (bicyclic) bond motifs is 1. The Labute approximate surface area is 129 Å². The van der Waals surface area contributed by atoms with E-state index in [9.17, 15) is 4.79 Å². The third-order valence-corrected chi connectivity index (χ3v) is 4.17. The van der Waals surface area contributed by atoms with Crippen molar-refractivity contribution in [2.24, 2.45) is 18.7 Å². The lowest BCUT2D eigenvalue weighted by Gasteiger charge is -2.29. The summed E-state index contributed by atoms with van der Waals surface area (Å²) in [7, 11) is 1.83. The number of nitrogens with one attached hydrogen (secondary N) is 1. The molecule has 1 amide bonds. The molecule has 21 heavy (non-hydrogen) atoms. The Bertz CT molecular complexity index is 666. The summed E-state index contributed by atoms with van der Waals surface area (Å²) in [5.41, 5.74) is 7.74. The Morgan fingerprint density at radius 3 is 2.86 bits per heavy atom. The number of halogens is 1. The van der Waals surface area contributed by atoms with Crippen LogP contribution in [0.2, 0.25) is 0 Å². The van der Waals surface area contributed by atoms with E-state index in [1.165, 1.54) is 0 Å². The largest absolute Gasteiger partial charge is 0.345 e. The number of amides is 1. The second kappa shape index (κ2) is 5.61. The maximum atomic E-state index is 12.4. The van der Waals surface area contributed by atoms with Crippen molar-refractivity contribution in [3.05, 3.63) is 23.8 Å². The highest BCUT2D eigenvalue weighted by molar-refractivity contribution is 5.97. The number of nitrogens with two attached hydrogens (primary N) is 1. The number of nitrogens with zero attached hydrogens (tertiary/aromatic N) is 3. The molecule has 0 saturated heterocycles. The van der Waals surface area contributed by atoms with Gasteiger partial charge < -0.3 is 11.1 Å². The molecule has 1 aromatic carbocycles. The van der Waals surface area contributed by atoms with Crippen LogP contribution < -0.4 is 11.1 Å². The Hall–Kier alpha value is -1.66. The summed E-state index contributed by atoms with van der Waals surface area (Å²) in [5.74, 6) is 0.397. The standard InChI is InChI=1S/C14H19N5O.ClH/c1-14(8-15,10-4-5-10)16-13(20)9-3-6-12-11(7-9)17-18-19(12)2;/h3,6-7,10H,4-5,8,15H2,1-2H3,(H,16,20);1H. The van der Waals surface area contributed by atoms with Crippen LogP contribution in [0, 0.1) is 5.92 Å². The lowest BCUT2D eigenvalue weighted by molar-refractivity contribution is 0.0898. The molecule has 3 rings (SSSR count). The summed E-state index contributed by atoms with van der Waals surface area (Å²) in [6.07, 6.45) is 2.27. The Morgan fingerprint density at radius 1 is 1.52 bits per heavy atom. The predicted octanol–water partition coefficient (Wildman–Crippen LogP) is 1.25. The SMILES string of the molecule is Cl.Cn1nnc2cc(C(=O)NC(C)(CN)C3CC3)ccc21. The lowest BCUT2D eigenvalue weighted by atomic mass is 9.95. The van der Waals surface area contributed by atoms with Gasteiger partial charge in [0.15, 0.2) is 0 Å². The van der Waals surface area contributed by atoms with Crippen LogP contribution in [0.4, 0.5) is 0 Å². The zero-order valence-corrected chi connectivity index (χ0v) is 13.0. The van der Waals surface area contributed by atoms with Gasteiger partial charge in [0.25, 0.3) is 5.91 Å². The van der Waals surface area contributed by atoms with E-state index >= 15 is 0 Å². The smallest absolute Gasteiger partial charge is 0.251 e. The number of carbonyl (C=O) groups is 1. The van der Waals surface area contributed by atoms with Gasteiger partial charge in [-0.15, -0.1) is 17.5 Å². The molecule has 0 bridgehead atoms. The molecule has 1 heterocycles. The van der Waals surface area contributed by atoms with Crippen molar-refractivity contribution in [1.82, 2.24) is 20.3 Å². The van der Waals surface area contributed by atoms with E-state index in [0.29, 0.717) is 18.0 Å². The number of hydrogen-bond acceptors (Lipinski definition) is 4. The van der Waals surface area contributed by atoms with Crippen LogP contribution in [0.1, 0.15) is 30.1 Å². The molecule has 1 aliphatic carbocycles. The second-order valence-corrected chi connectivity index (χ2v) is 5.77. The quantitative estimate of drug-likeness (QED) is 0.890. The Balaban J connectivity index is 0.00000161. The molecule has 0 aliphatic heterocycles. The van der Waals surface area contributed by atoms with Crippen LogP contribution >= 0.6 is 12.4 Å². The van der Waals surface area contributed by atoms with E-state index in [1.807, 2.05) is 20.0 Å². The summed E-state index contributed by atoms with van der Waals surface area (Å²) in [6, 6.07) is 5.42. The van der Waals surface area contributed by atoms with Gasteiger partial charge in [0, 0.05) is 19.2 Å². The number of benzene rings is 1.